The Hall–Kier alpha value is -1.94. The van der Waals surface area contributed by atoms with Crippen molar-refractivity contribution in [2.75, 3.05) is 16.5 Å². The first-order chi connectivity index (χ1) is 12.3. The minimum absolute atomic E-state index is 0.199. The first-order valence-electron chi connectivity index (χ1n) is 7.35. The van der Waals surface area contributed by atoms with Gasteiger partial charge >= 0.3 is 6.03 Å². The Balaban J connectivity index is 1.88. The van der Waals surface area contributed by atoms with Crippen molar-refractivity contribution >= 4 is 61.0 Å². The third kappa shape index (κ3) is 4.61. The fourth-order valence-electron chi connectivity index (χ4n) is 2.18. The van der Waals surface area contributed by atoms with Crippen molar-refractivity contribution in [3.63, 3.8) is 0 Å². The van der Waals surface area contributed by atoms with Gasteiger partial charge in [-0.1, -0.05) is 29.0 Å². The zero-order chi connectivity index (χ0) is 18.7. The molecular formula is C16H14ClN3O3S3. The second kappa shape index (κ2) is 7.75. The largest absolute Gasteiger partial charge is 0.328 e. The van der Waals surface area contributed by atoms with Gasteiger partial charge in [-0.15, -0.1) is 11.3 Å². The van der Waals surface area contributed by atoms with Crippen LogP contribution in [0.4, 0.5) is 15.6 Å². The van der Waals surface area contributed by atoms with Gasteiger partial charge in [0.05, 0.1) is 17.6 Å². The molecule has 0 aliphatic carbocycles. The van der Waals surface area contributed by atoms with Crippen LogP contribution in [-0.2, 0) is 16.4 Å². The maximum absolute atomic E-state index is 12.8. The molecule has 1 aromatic carbocycles. The summed E-state index contributed by atoms with van der Waals surface area (Å²) in [5, 5.41) is 5.04. The van der Waals surface area contributed by atoms with E-state index in [9.17, 15) is 13.2 Å². The topological polar surface area (TPSA) is 79.4 Å². The highest BCUT2D eigenvalue weighted by Crippen LogP contribution is 2.26. The van der Waals surface area contributed by atoms with Crippen LogP contribution in [0.1, 0.15) is 4.88 Å². The standard InChI is InChI=1S/C16H14ClN3O3S3/c1-26(22,23)13-6-4-11(5-7-13)20(10-12-3-2-8-24-12)16(21)19-15-18-9-14(17)25-15/h2-9H,10H2,1H3,(H,18,19,21). The van der Waals surface area contributed by atoms with Crippen molar-refractivity contribution in [1.29, 1.82) is 0 Å². The third-order valence-corrected chi connectivity index (χ3v) is 6.43. The number of benzene rings is 1. The molecule has 26 heavy (non-hydrogen) atoms. The molecule has 0 unspecified atom stereocenters. The molecule has 0 saturated heterocycles. The summed E-state index contributed by atoms with van der Waals surface area (Å²) < 4.78 is 23.7. The summed E-state index contributed by atoms with van der Waals surface area (Å²) in [4.78, 5) is 19.5. The van der Waals surface area contributed by atoms with E-state index in [-0.39, 0.29) is 10.9 Å². The van der Waals surface area contributed by atoms with Gasteiger partial charge in [0, 0.05) is 16.8 Å². The molecule has 3 aromatic rings. The van der Waals surface area contributed by atoms with Crippen LogP contribution >= 0.6 is 34.3 Å². The summed E-state index contributed by atoms with van der Waals surface area (Å²) >= 11 is 8.54. The Kier molecular flexibility index (Phi) is 5.61. The van der Waals surface area contributed by atoms with Crippen molar-refractivity contribution in [2.24, 2.45) is 0 Å². The average molecular weight is 428 g/mol. The van der Waals surface area contributed by atoms with Crippen LogP contribution in [0.3, 0.4) is 0 Å². The molecule has 6 nitrogen and oxygen atoms in total. The Morgan fingerprint density at radius 3 is 2.54 bits per heavy atom. The zero-order valence-corrected chi connectivity index (χ0v) is 16.8. The van der Waals surface area contributed by atoms with Crippen LogP contribution in [0.5, 0.6) is 0 Å². The maximum Gasteiger partial charge on any atom is 0.328 e. The number of hydrogen-bond donors (Lipinski definition) is 1. The van der Waals surface area contributed by atoms with Crippen LogP contribution in [0.2, 0.25) is 4.34 Å². The summed E-state index contributed by atoms with van der Waals surface area (Å²) in [6.45, 7) is 0.348. The van der Waals surface area contributed by atoms with E-state index in [0.717, 1.165) is 22.5 Å². The number of nitrogens with zero attached hydrogens (tertiary/aromatic N) is 2. The zero-order valence-electron chi connectivity index (χ0n) is 13.5. The Morgan fingerprint density at radius 2 is 2.00 bits per heavy atom. The first kappa shape index (κ1) is 18.8. The molecule has 0 radical (unpaired) electrons. The number of carbonyl (C=O) groups is 1. The summed E-state index contributed by atoms with van der Waals surface area (Å²) in [6, 6.07) is 9.65. The Morgan fingerprint density at radius 1 is 1.27 bits per heavy atom. The summed E-state index contributed by atoms with van der Waals surface area (Å²) in [6.07, 6.45) is 2.61. The molecule has 136 valence electrons. The monoisotopic (exact) mass is 427 g/mol. The van der Waals surface area contributed by atoms with E-state index in [1.54, 1.807) is 12.1 Å². The number of thiophene rings is 1. The van der Waals surface area contributed by atoms with Crippen molar-refractivity contribution in [1.82, 2.24) is 4.98 Å². The summed E-state index contributed by atoms with van der Waals surface area (Å²) in [5.74, 6) is 0. The predicted octanol–water partition coefficient (Wildman–Crippen LogP) is 4.50. The highest BCUT2D eigenvalue weighted by molar-refractivity contribution is 7.90. The number of aromatic nitrogens is 1. The lowest BCUT2D eigenvalue weighted by molar-refractivity contribution is 0.256. The minimum atomic E-state index is -3.30. The van der Waals surface area contributed by atoms with E-state index >= 15 is 0 Å². The van der Waals surface area contributed by atoms with Crippen LogP contribution in [0.15, 0.2) is 52.9 Å². The van der Waals surface area contributed by atoms with Crippen LogP contribution < -0.4 is 10.2 Å². The quantitative estimate of drug-likeness (QED) is 0.650. The van der Waals surface area contributed by atoms with E-state index in [1.165, 1.54) is 34.6 Å². The SMILES string of the molecule is CS(=O)(=O)c1ccc(N(Cc2cccs2)C(=O)Nc2ncc(Cl)s2)cc1. The molecule has 2 heterocycles. The molecule has 2 amide bonds. The van der Waals surface area contributed by atoms with Gasteiger partial charge in [0.25, 0.3) is 0 Å². The molecule has 0 spiro atoms. The van der Waals surface area contributed by atoms with Crippen LogP contribution in [0.25, 0.3) is 0 Å². The number of thiazole rings is 1. The number of hydrogen-bond acceptors (Lipinski definition) is 6. The third-order valence-electron chi connectivity index (χ3n) is 3.41. The Labute approximate surface area is 164 Å². The highest BCUT2D eigenvalue weighted by Gasteiger charge is 2.19. The summed E-state index contributed by atoms with van der Waals surface area (Å²) in [7, 11) is -3.30. The summed E-state index contributed by atoms with van der Waals surface area (Å²) in [5.41, 5.74) is 0.575. The van der Waals surface area contributed by atoms with Crippen molar-refractivity contribution in [2.45, 2.75) is 11.4 Å². The lowest BCUT2D eigenvalue weighted by Gasteiger charge is -2.22. The molecular weight excluding hydrogens is 414 g/mol. The van der Waals surface area contributed by atoms with Gasteiger partial charge < -0.3 is 0 Å². The number of urea groups is 1. The van der Waals surface area contributed by atoms with Gasteiger partial charge in [-0.25, -0.2) is 18.2 Å². The number of carbonyl (C=O) groups excluding carboxylic acids is 1. The second-order valence-corrected chi connectivity index (χ2v) is 10.0. The van der Waals surface area contributed by atoms with Crippen molar-refractivity contribution < 1.29 is 13.2 Å². The Bertz CT molecular complexity index is 999. The van der Waals surface area contributed by atoms with Gasteiger partial charge in [0.1, 0.15) is 4.34 Å². The molecule has 0 aliphatic rings. The molecule has 2 aromatic heterocycles. The maximum atomic E-state index is 12.8. The number of halogens is 1. The fraction of sp³-hybridized carbons (Fsp3) is 0.125. The van der Waals surface area contributed by atoms with Gasteiger partial charge in [-0.2, -0.15) is 0 Å². The predicted molar refractivity (Wildman–Crippen MR) is 106 cm³/mol. The van der Waals surface area contributed by atoms with Gasteiger partial charge in [-0.05, 0) is 35.7 Å². The smallest absolute Gasteiger partial charge is 0.289 e. The lowest BCUT2D eigenvalue weighted by atomic mass is 10.3. The second-order valence-electron chi connectivity index (χ2n) is 5.33. The van der Waals surface area contributed by atoms with Gasteiger partial charge in [-0.3, -0.25) is 10.2 Å². The molecule has 1 N–H and O–H groups in total. The fourth-order valence-corrected chi connectivity index (χ4v) is 4.31. The molecule has 0 aliphatic heterocycles. The van der Waals surface area contributed by atoms with E-state index in [0.29, 0.717) is 21.7 Å². The first-order valence-corrected chi connectivity index (χ1v) is 11.3. The number of amides is 2. The van der Waals surface area contributed by atoms with Gasteiger partial charge in [0.2, 0.25) is 0 Å². The molecule has 0 bridgehead atoms. The molecule has 3 rings (SSSR count). The number of nitrogens with one attached hydrogen (secondary N) is 1. The average Bonchev–Trinajstić information content (AvgIpc) is 3.23. The van der Waals surface area contributed by atoms with Crippen molar-refractivity contribution in [3.05, 3.63) is 57.2 Å². The lowest BCUT2D eigenvalue weighted by Crippen LogP contribution is -2.34. The molecule has 0 saturated carbocycles. The van der Waals surface area contributed by atoms with E-state index in [2.05, 4.69) is 10.3 Å². The minimum Gasteiger partial charge on any atom is -0.289 e. The van der Waals surface area contributed by atoms with E-state index < -0.39 is 9.84 Å². The van der Waals surface area contributed by atoms with Crippen molar-refractivity contribution in [3.8, 4) is 0 Å². The van der Waals surface area contributed by atoms with E-state index in [1.807, 2.05) is 17.5 Å². The van der Waals surface area contributed by atoms with Crippen LogP contribution in [0, 0.1) is 0 Å². The molecule has 10 heteroatoms. The van der Waals surface area contributed by atoms with Crippen LogP contribution in [-0.4, -0.2) is 25.7 Å². The van der Waals surface area contributed by atoms with E-state index in [4.69, 9.17) is 11.6 Å². The highest BCUT2D eigenvalue weighted by atomic mass is 35.5. The normalized spacial score (nSPS) is 11.3. The molecule has 0 fully saturated rings. The number of sulfone groups is 1. The van der Waals surface area contributed by atoms with Gasteiger partial charge in [0.15, 0.2) is 15.0 Å². The number of rotatable bonds is 5. The number of anilines is 2. The molecule has 0 atom stereocenters.